The molecule has 1 N–H and O–H groups in total. The van der Waals surface area contributed by atoms with Crippen molar-refractivity contribution >= 4 is 40.2 Å². The number of nitrogens with one attached hydrogen (secondary N) is 1. The van der Waals surface area contributed by atoms with Crippen LogP contribution in [0, 0.1) is 0 Å². The van der Waals surface area contributed by atoms with Gasteiger partial charge in [-0.05, 0) is 29.9 Å². The summed E-state index contributed by atoms with van der Waals surface area (Å²) in [5.41, 5.74) is 2.75. The third-order valence-electron chi connectivity index (χ3n) is 6.75. The van der Waals surface area contributed by atoms with Crippen LogP contribution in [-0.4, -0.2) is 75.8 Å². The van der Waals surface area contributed by atoms with E-state index in [2.05, 4.69) is 31.9 Å². The Balaban J connectivity index is 1.26. The first kappa shape index (κ1) is 22.9. The van der Waals surface area contributed by atoms with Crippen molar-refractivity contribution in [3.63, 3.8) is 0 Å². The number of ether oxygens (including phenoxy) is 1. The fraction of sp³-hybridized carbons (Fsp3) is 0.385. The summed E-state index contributed by atoms with van der Waals surface area (Å²) in [6.07, 6.45) is 4.18. The third kappa shape index (κ3) is 4.78. The normalized spacial score (nSPS) is 18.2. The summed E-state index contributed by atoms with van der Waals surface area (Å²) in [6, 6.07) is 14.1. The van der Waals surface area contributed by atoms with Crippen LogP contribution in [0.1, 0.15) is 28.1 Å². The van der Waals surface area contributed by atoms with Gasteiger partial charge in [0, 0.05) is 39.3 Å². The quantitative estimate of drug-likeness (QED) is 0.413. The Labute approximate surface area is 213 Å². The van der Waals surface area contributed by atoms with E-state index >= 15 is 0 Å². The minimum absolute atomic E-state index is 0.0980. The largest absolute Gasteiger partial charge is 0.376 e. The summed E-state index contributed by atoms with van der Waals surface area (Å²) in [7, 11) is 0. The van der Waals surface area contributed by atoms with Gasteiger partial charge in [-0.25, -0.2) is 4.98 Å². The third-order valence-corrected chi connectivity index (χ3v) is 7.61. The number of amides is 1. The van der Waals surface area contributed by atoms with Gasteiger partial charge in [0.1, 0.15) is 0 Å². The number of benzene rings is 1. The second-order valence-corrected chi connectivity index (χ2v) is 10.1. The molecular weight excluding hydrogens is 474 g/mol. The maximum Gasteiger partial charge on any atom is 0.264 e. The number of fused-ring (bicyclic) bond motifs is 1. The fourth-order valence-electron chi connectivity index (χ4n) is 4.77. The Morgan fingerprint density at radius 1 is 1.08 bits per heavy atom. The van der Waals surface area contributed by atoms with Crippen molar-refractivity contribution in [1.82, 2.24) is 24.4 Å². The van der Waals surface area contributed by atoms with Gasteiger partial charge in [0.05, 0.1) is 23.9 Å². The van der Waals surface area contributed by atoms with Gasteiger partial charge in [0.2, 0.25) is 5.95 Å². The summed E-state index contributed by atoms with van der Waals surface area (Å²) in [4.78, 5) is 32.2. The van der Waals surface area contributed by atoms with E-state index in [0.717, 1.165) is 41.3 Å². The van der Waals surface area contributed by atoms with Crippen molar-refractivity contribution in [2.24, 2.45) is 0 Å². The zero-order valence-corrected chi connectivity index (χ0v) is 20.9. The summed E-state index contributed by atoms with van der Waals surface area (Å²) >= 11 is 1.49. The van der Waals surface area contributed by atoms with Gasteiger partial charge in [-0.15, -0.1) is 11.3 Å². The fourth-order valence-corrected chi connectivity index (χ4v) is 5.47. The van der Waals surface area contributed by atoms with Crippen LogP contribution in [-0.2, 0) is 11.3 Å². The highest BCUT2D eigenvalue weighted by molar-refractivity contribution is 7.12. The molecule has 2 fully saturated rings. The molecule has 2 saturated heterocycles. The smallest absolute Gasteiger partial charge is 0.264 e. The van der Waals surface area contributed by atoms with Crippen molar-refractivity contribution < 1.29 is 9.53 Å². The molecule has 1 atom stereocenters. The first-order valence-corrected chi connectivity index (χ1v) is 13.3. The first-order chi connectivity index (χ1) is 17.7. The topological polar surface area (TPSA) is 88.4 Å². The molecule has 0 spiro atoms. The molecule has 2 aliphatic heterocycles. The number of piperazine rings is 1. The van der Waals surface area contributed by atoms with Crippen LogP contribution in [0.4, 0.5) is 11.8 Å². The average molecular weight is 504 g/mol. The molecule has 9 nitrogen and oxygen atoms in total. The predicted molar refractivity (Wildman–Crippen MR) is 141 cm³/mol. The molecule has 4 aromatic rings. The molecule has 5 heterocycles. The van der Waals surface area contributed by atoms with Crippen molar-refractivity contribution in [1.29, 1.82) is 0 Å². The Morgan fingerprint density at radius 3 is 2.69 bits per heavy atom. The molecule has 0 saturated carbocycles. The molecule has 1 amide bonds. The van der Waals surface area contributed by atoms with Crippen molar-refractivity contribution in [2.45, 2.75) is 25.5 Å². The molecule has 186 valence electrons. The van der Waals surface area contributed by atoms with Gasteiger partial charge in [-0.2, -0.15) is 9.97 Å². The number of imidazole rings is 1. The van der Waals surface area contributed by atoms with Crippen molar-refractivity contribution in [2.75, 3.05) is 49.5 Å². The molecule has 0 bridgehead atoms. The van der Waals surface area contributed by atoms with Gasteiger partial charge in [-0.1, -0.05) is 36.4 Å². The SMILES string of the molecule is O=C(c1cccs1)N1CCN(c2nc(NCC3CCCO3)c3ncn(Cc4ccccc4)c3n2)CC1. The molecule has 2 aliphatic rings. The zero-order chi connectivity index (χ0) is 24.3. The number of rotatable bonds is 7. The molecule has 10 heteroatoms. The highest BCUT2D eigenvalue weighted by Crippen LogP contribution is 2.25. The van der Waals surface area contributed by atoms with Crippen molar-refractivity contribution in [3.8, 4) is 0 Å². The minimum Gasteiger partial charge on any atom is -0.376 e. The van der Waals surface area contributed by atoms with E-state index in [-0.39, 0.29) is 12.0 Å². The van der Waals surface area contributed by atoms with Crippen LogP contribution >= 0.6 is 11.3 Å². The Kier molecular flexibility index (Phi) is 6.52. The molecule has 1 aromatic carbocycles. The van der Waals surface area contributed by atoms with E-state index in [1.165, 1.54) is 16.9 Å². The van der Waals surface area contributed by atoms with E-state index in [4.69, 9.17) is 14.7 Å². The van der Waals surface area contributed by atoms with E-state index in [9.17, 15) is 4.79 Å². The summed E-state index contributed by atoms with van der Waals surface area (Å²) < 4.78 is 7.88. The maximum absolute atomic E-state index is 12.8. The number of aromatic nitrogens is 4. The van der Waals surface area contributed by atoms with Gasteiger partial charge in [0.15, 0.2) is 17.0 Å². The number of carbonyl (C=O) groups excluding carboxylic acids is 1. The van der Waals surface area contributed by atoms with Gasteiger partial charge >= 0.3 is 0 Å². The van der Waals surface area contributed by atoms with Crippen LogP contribution in [0.25, 0.3) is 11.2 Å². The zero-order valence-electron chi connectivity index (χ0n) is 20.0. The maximum atomic E-state index is 12.8. The standard InChI is InChI=1S/C26H29N7O2S/c34-25(21-9-5-15-36-21)31-10-12-32(13-11-31)26-29-23(27-16-20-8-4-14-35-20)22-24(30-26)33(18-28-22)17-19-6-2-1-3-7-19/h1-3,5-7,9,15,18,20H,4,8,10-14,16-17H2,(H,27,29,30). The van der Waals surface area contributed by atoms with Crippen LogP contribution in [0.15, 0.2) is 54.2 Å². The summed E-state index contributed by atoms with van der Waals surface area (Å²) in [5.74, 6) is 1.49. The molecule has 3 aromatic heterocycles. The van der Waals surface area contributed by atoms with E-state index < -0.39 is 0 Å². The van der Waals surface area contributed by atoms with Gasteiger partial charge < -0.3 is 24.4 Å². The highest BCUT2D eigenvalue weighted by atomic mass is 32.1. The number of nitrogens with zero attached hydrogens (tertiary/aromatic N) is 6. The van der Waals surface area contributed by atoms with Gasteiger partial charge in [-0.3, -0.25) is 4.79 Å². The lowest BCUT2D eigenvalue weighted by Crippen LogP contribution is -2.49. The first-order valence-electron chi connectivity index (χ1n) is 12.4. The van der Waals surface area contributed by atoms with E-state index in [1.807, 2.05) is 46.9 Å². The molecule has 0 aliphatic carbocycles. The van der Waals surface area contributed by atoms with E-state index in [1.54, 1.807) is 0 Å². The minimum atomic E-state index is 0.0980. The number of thiophene rings is 1. The molecule has 0 radical (unpaired) electrons. The summed E-state index contributed by atoms with van der Waals surface area (Å²) in [6.45, 7) is 4.83. The monoisotopic (exact) mass is 503 g/mol. The molecule has 1 unspecified atom stereocenters. The second kappa shape index (κ2) is 10.2. The Hall–Kier alpha value is -3.50. The molecular formula is C26H29N7O2S. The Bertz CT molecular complexity index is 1310. The lowest BCUT2D eigenvalue weighted by Gasteiger charge is -2.34. The highest BCUT2D eigenvalue weighted by Gasteiger charge is 2.26. The molecule has 6 rings (SSSR count). The molecule has 36 heavy (non-hydrogen) atoms. The summed E-state index contributed by atoms with van der Waals surface area (Å²) in [5, 5.41) is 5.43. The van der Waals surface area contributed by atoms with Crippen LogP contribution < -0.4 is 10.2 Å². The van der Waals surface area contributed by atoms with E-state index in [0.29, 0.717) is 45.2 Å². The number of hydrogen-bond donors (Lipinski definition) is 1. The number of anilines is 2. The van der Waals surface area contributed by atoms with Crippen LogP contribution in [0.5, 0.6) is 0 Å². The Morgan fingerprint density at radius 2 is 1.94 bits per heavy atom. The number of hydrogen-bond acceptors (Lipinski definition) is 8. The van der Waals surface area contributed by atoms with Crippen LogP contribution in [0.3, 0.4) is 0 Å². The van der Waals surface area contributed by atoms with Crippen molar-refractivity contribution in [3.05, 3.63) is 64.6 Å². The second-order valence-electron chi connectivity index (χ2n) is 9.17. The predicted octanol–water partition coefficient (Wildman–Crippen LogP) is 3.49. The van der Waals surface area contributed by atoms with Gasteiger partial charge in [0.25, 0.3) is 5.91 Å². The lowest BCUT2D eigenvalue weighted by molar-refractivity contribution is 0.0751. The van der Waals surface area contributed by atoms with Crippen LogP contribution in [0.2, 0.25) is 0 Å². The average Bonchev–Trinajstić information content (AvgIpc) is 3.71. The lowest BCUT2D eigenvalue weighted by atomic mass is 10.2. The number of carbonyl (C=O) groups is 1.